The van der Waals surface area contributed by atoms with Crippen molar-refractivity contribution >= 4 is 21.4 Å². The number of sulfonamides is 1. The highest BCUT2D eigenvalue weighted by molar-refractivity contribution is 7.92. The molecule has 0 amide bonds. The average molecular weight is 268 g/mol. The monoisotopic (exact) mass is 268 g/mol. The van der Waals surface area contributed by atoms with Crippen LogP contribution in [-0.2, 0) is 10.0 Å². The number of hydrogen-bond donors (Lipinski definition) is 2. The molecule has 2 N–H and O–H groups in total. The number of nitro benzene ring substituents is 1. The first-order valence-corrected chi connectivity index (χ1v) is 6.24. The van der Waals surface area contributed by atoms with Crippen LogP contribution in [0, 0.1) is 10.1 Å². The van der Waals surface area contributed by atoms with Gasteiger partial charge in [-0.3, -0.25) is 19.9 Å². The topological polar surface area (TPSA) is 118 Å². The molecule has 0 fully saturated rings. The summed E-state index contributed by atoms with van der Waals surface area (Å²) in [4.78, 5) is 9.63. The maximum absolute atomic E-state index is 12.0. The largest absolute Gasteiger partial charge is 0.289 e. The molecular formula is C9H8N4O4S. The van der Waals surface area contributed by atoms with Gasteiger partial charge in [0.2, 0.25) is 0 Å². The van der Waals surface area contributed by atoms with Crippen LogP contribution in [0.3, 0.4) is 0 Å². The molecule has 0 aliphatic carbocycles. The Morgan fingerprint density at radius 3 is 2.67 bits per heavy atom. The molecule has 2 rings (SSSR count). The third kappa shape index (κ3) is 2.30. The van der Waals surface area contributed by atoms with Crippen LogP contribution in [0.1, 0.15) is 0 Å². The number of benzene rings is 1. The van der Waals surface area contributed by atoms with Crippen LogP contribution >= 0.6 is 0 Å². The van der Waals surface area contributed by atoms with Crippen LogP contribution in [-0.4, -0.2) is 23.5 Å². The summed E-state index contributed by atoms with van der Waals surface area (Å²) in [5.74, 6) is 0. The molecule has 0 spiro atoms. The SMILES string of the molecule is O=[N+]([O-])c1ccccc1S(=O)(=O)Nc1cn[nH]c1. The molecule has 0 aliphatic heterocycles. The molecule has 0 atom stereocenters. The van der Waals surface area contributed by atoms with Gasteiger partial charge in [0.15, 0.2) is 4.90 Å². The van der Waals surface area contributed by atoms with Crippen molar-refractivity contribution < 1.29 is 13.3 Å². The Labute approximate surface area is 102 Å². The Bertz CT molecular complexity index is 666. The summed E-state index contributed by atoms with van der Waals surface area (Å²) < 4.78 is 26.1. The maximum atomic E-state index is 12.0. The van der Waals surface area contributed by atoms with Crippen molar-refractivity contribution in [2.45, 2.75) is 4.90 Å². The molecule has 18 heavy (non-hydrogen) atoms. The first-order chi connectivity index (χ1) is 8.50. The lowest BCUT2D eigenvalue weighted by atomic mass is 10.3. The molecule has 0 unspecified atom stereocenters. The van der Waals surface area contributed by atoms with Crippen molar-refractivity contribution in [2.75, 3.05) is 4.72 Å². The fourth-order valence-electron chi connectivity index (χ4n) is 1.35. The summed E-state index contributed by atoms with van der Waals surface area (Å²) in [6.07, 6.45) is 2.58. The Kier molecular flexibility index (Phi) is 2.98. The number of nitro groups is 1. The molecule has 9 heteroatoms. The summed E-state index contributed by atoms with van der Waals surface area (Å²) in [5.41, 5.74) is -0.276. The fourth-order valence-corrected chi connectivity index (χ4v) is 2.56. The fraction of sp³-hybridized carbons (Fsp3) is 0. The van der Waals surface area contributed by atoms with Gasteiger partial charge < -0.3 is 0 Å². The number of rotatable bonds is 4. The van der Waals surface area contributed by atoms with Crippen molar-refractivity contribution in [3.8, 4) is 0 Å². The van der Waals surface area contributed by atoms with E-state index in [2.05, 4.69) is 14.9 Å². The molecule has 1 aromatic carbocycles. The second-order valence-corrected chi connectivity index (χ2v) is 4.97. The lowest BCUT2D eigenvalue weighted by Crippen LogP contribution is -2.14. The molecular weight excluding hydrogens is 260 g/mol. The van der Waals surface area contributed by atoms with E-state index >= 15 is 0 Å². The number of para-hydroxylation sites is 1. The van der Waals surface area contributed by atoms with Crippen molar-refractivity contribution in [3.05, 3.63) is 46.8 Å². The Morgan fingerprint density at radius 1 is 1.33 bits per heavy atom. The number of aromatic amines is 1. The number of H-pyrrole nitrogens is 1. The van der Waals surface area contributed by atoms with Crippen molar-refractivity contribution in [2.24, 2.45) is 0 Å². The Morgan fingerprint density at radius 2 is 2.06 bits per heavy atom. The maximum Gasteiger partial charge on any atom is 0.289 e. The smallest absolute Gasteiger partial charge is 0.284 e. The van der Waals surface area contributed by atoms with E-state index in [1.807, 2.05) is 0 Å². The van der Waals surface area contributed by atoms with Gasteiger partial charge in [-0.1, -0.05) is 12.1 Å². The molecule has 0 aliphatic rings. The average Bonchev–Trinajstić information content (AvgIpc) is 2.81. The summed E-state index contributed by atoms with van der Waals surface area (Å²) in [5, 5.41) is 16.8. The zero-order valence-corrected chi connectivity index (χ0v) is 9.72. The number of hydrogen-bond acceptors (Lipinski definition) is 5. The first-order valence-electron chi connectivity index (χ1n) is 4.76. The van der Waals surface area contributed by atoms with E-state index in [0.717, 1.165) is 6.07 Å². The van der Waals surface area contributed by atoms with Gasteiger partial charge in [-0.25, -0.2) is 8.42 Å². The zero-order chi connectivity index (χ0) is 13.2. The quantitative estimate of drug-likeness (QED) is 0.636. The Balaban J connectivity index is 2.45. The van der Waals surface area contributed by atoms with Crippen molar-refractivity contribution in [3.63, 3.8) is 0 Å². The second kappa shape index (κ2) is 4.45. The predicted molar refractivity (Wildman–Crippen MR) is 62.5 cm³/mol. The normalized spacial score (nSPS) is 11.1. The number of nitrogens with zero attached hydrogens (tertiary/aromatic N) is 2. The molecule has 2 aromatic rings. The summed E-state index contributed by atoms with van der Waals surface area (Å²) in [7, 11) is -4.01. The zero-order valence-electron chi connectivity index (χ0n) is 8.90. The molecule has 1 heterocycles. The molecule has 0 saturated carbocycles. The molecule has 8 nitrogen and oxygen atoms in total. The minimum atomic E-state index is -4.01. The molecule has 94 valence electrons. The van der Waals surface area contributed by atoms with Crippen molar-refractivity contribution in [1.29, 1.82) is 0 Å². The Hall–Kier alpha value is -2.42. The van der Waals surface area contributed by atoms with Crippen molar-refractivity contribution in [1.82, 2.24) is 10.2 Å². The van der Waals surface area contributed by atoms with Gasteiger partial charge in [-0.2, -0.15) is 5.10 Å². The van der Waals surface area contributed by atoms with Crippen LogP contribution in [0.15, 0.2) is 41.6 Å². The minimum Gasteiger partial charge on any atom is -0.284 e. The third-order valence-electron chi connectivity index (χ3n) is 2.10. The molecule has 0 bridgehead atoms. The van der Waals surface area contributed by atoms with E-state index in [0.29, 0.717) is 0 Å². The van der Waals surface area contributed by atoms with Gasteiger partial charge in [0.1, 0.15) is 0 Å². The van der Waals surface area contributed by atoms with Gasteiger partial charge in [0, 0.05) is 12.3 Å². The van der Waals surface area contributed by atoms with E-state index in [4.69, 9.17) is 0 Å². The lowest BCUT2D eigenvalue weighted by Gasteiger charge is -2.05. The lowest BCUT2D eigenvalue weighted by molar-refractivity contribution is -0.387. The van der Waals surface area contributed by atoms with E-state index in [-0.39, 0.29) is 5.69 Å². The van der Waals surface area contributed by atoms with E-state index in [9.17, 15) is 18.5 Å². The van der Waals surface area contributed by atoms with Crippen LogP contribution in [0.4, 0.5) is 11.4 Å². The van der Waals surface area contributed by atoms with Crippen LogP contribution in [0.5, 0.6) is 0 Å². The highest BCUT2D eigenvalue weighted by atomic mass is 32.2. The van der Waals surface area contributed by atoms with Crippen LogP contribution in [0.2, 0.25) is 0 Å². The van der Waals surface area contributed by atoms with E-state index in [1.165, 1.54) is 30.6 Å². The highest BCUT2D eigenvalue weighted by Crippen LogP contribution is 2.24. The van der Waals surface area contributed by atoms with Gasteiger partial charge in [-0.05, 0) is 6.07 Å². The molecule has 0 saturated heterocycles. The van der Waals surface area contributed by atoms with Crippen LogP contribution in [0.25, 0.3) is 0 Å². The summed E-state index contributed by atoms with van der Waals surface area (Å²) in [6, 6.07) is 5.11. The van der Waals surface area contributed by atoms with Crippen LogP contribution < -0.4 is 4.72 Å². The van der Waals surface area contributed by atoms with E-state index < -0.39 is 25.5 Å². The molecule has 1 aromatic heterocycles. The summed E-state index contributed by atoms with van der Waals surface area (Å²) >= 11 is 0. The predicted octanol–water partition coefficient (Wildman–Crippen LogP) is 1.12. The number of anilines is 1. The minimum absolute atomic E-state index is 0.202. The standard InChI is InChI=1S/C9H8N4O4S/c14-13(15)8-3-1-2-4-9(8)18(16,17)12-7-5-10-11-6-7/h1-6,12H,(H,10,11). The molecule has 0 radical (unpaired) electrons. The third-order valence-corrected chi connectivity index (χ3v) is 3.53. The van der Waals surface area contributed by atoms with Gasteiger partial charge in [-0.15, -0.1) is 0 Å². The van der Waals surface area contributed by atoms with Gasteiger partial charge >= 0.3 is 0 Å². The van der Waals surface area contributed by atoms with E-state index in [1.54, 1.807) is 0 Å². The summed E-state index contributed by atoms with van der Waals surface area (Å²) in [6.45, 7) is 0. The highest BCUT2D eigenvalue weighted by Gasteiger charge is 2.25. The number of nitrogens with one attached hydrogen (secondary N) is 2. The first kappa shape index (κ1) is 12.0. The van der Waals surface area contributed by atoms with Gasteiger partial charge in [0.25, 0.3) is 15.7 Å². The van der Waals surface area contributed by atoms with Gasteiger partial charge in [0.05, 0.1) is 16.8 Å². The second-order valence-electron chi connectivity index (χ2n) is 3.32. The number of aromatic nitrogens is 2.